The molecule has 1 aromatic carbocycles. The van der Waals surface area contributed by atoms with E-state index in [2.05, 4.69) is 27.7 Å². The van der Waals surface area contributed by atoms with Crippen molar-refractivity contribution in [2.75, 3.05) is 77.9 Å². The molecule has 51 heavy (non-hydrogen) atoms. The smallest absolute Gasteiger partial charge is 0.377 e. The Balaban J connectivity index is 1.70. The number of halogens is 4. The summed E-state index contributed by atoms with van der Waals surface area (Å²) >= 11 is 6.10. The summed E-state index contributed by atoms with van der Waals surface area (Å²) in [5, 5.41) is 4.46. The van der Waals surface area contributed by atoms with Gasteiger partial charge in [-0.25, -0.2) is 9.67 Å². The average Bonchev–Trinajstić information content (AvgIpc) is 3.74. The molecule has 0 bridgehead atoms. The van der Waals surface area contributed by atoms with Crippen LogP contribution in [-0.2, 0) is 40.9 Å². The normalized spacial score (nSPS) is 17.2. The zero-order chi connectivity index (χ0) is 37.1. The number of amidine groups is 1. The Labute approximate surface area is 302 Å². The molecule has 3 atom stereocenters. The third-order valence-corrected chi connectivity index (χ3v) is 9.72. The van der Waals surface area contributed by atoms with Crippen molar-refractivity contribution in [3.63, 3.8) is 0 Å². The van der Waals surface area contributed by atoms with E-state index in [1.807, 2.05) is 0 Å². The highest BCUT2D eigenvalue weighted by molar-refractivity contribution is 7.63. The van der Waals surface area contributed by atoms with E-state index < -0.39 is 40.8 Å². The van der Waals surface area contributed by atoms with Crippen LogP contribution in [0.5, 0.6) is 0 Å². The topological polar surface area (TPSA) is 162 Å². The van der Waals surface area contributed by atoms with Gasteiger partial charge in [0, 0.05) is 13.1 Å². The minimum absolute atomic E-state index is 0.0153. The maximum atomic E-state index is 14.0. The van der Waals surface area contributed by atoms with Crippen LogP contribution in [0.2, 0.25) is 0 Å². The summed E-state index contributed by atoms with van der Waals surface area (Å²) < 4.78 is 76.7. The molecule has 0 amide bonds. The van der Waals surface area contributed by atoms with Gasteiger partial charge < -0.3 is 47.8 Å². The van der Waals surface area contributed by atoms with Crippen molar-refractivity contribution >= 4 is 46.7 Å². The van der Waals surface area contributed by atoms with Crippen molar-refractivity contribution in [3.8, 4) is 12.3 Å². The second-order valence-corrected chi connectivity index (χ2v) is 13.8. The minimum atomic E-state index is -4.59. The molecule has 20 heteroatoms. The standard InChI is InChI=1S/C31H43ClF3N5O9P2/c1-3-11-44-13-15-46-17-18-47-16-14-45-12-10-39(20-24-6-4-5-7-27(24)31(33,34)35)30(37-22-32)26-19-38-40(29(26)36-2)28-9-8-25(49-28)21-48-51(43)23-50(41)42/h1,4-7,19,25,28,41-43H,2,8-18,20-23H2/b37-30+. The minimum Gasteiger partial charge on any atom is -0.377 e. The Morgan fingerprint density at radius 1 is 1.08 bits per heavy atom. The molecule has 1 saturated heterocycles. The Kier molecular flexibility index (Phi) is 19.8. The van der Waals surface area contributed by atoms with Gasteiger partial charge in [-0.15, -0.1) is 18.0 Å². The number of hydrogen-bond donors (Lipinski definition) is 3. The Morgan fingerprint density at radius 3 is 2.37 bits per heavy atom. The summed E-state index contributed by atoms with van der Waals surface area (Å²) in [5.74, 6) is 2.61. The van der Waals surface area contributed by atoms with E-state index in [0.717, 1.165) is 6.07 Å². The molecular formula is C31H43ClF3N5O9P2. The van der Waals surface area contributed by atoms with Crippen molar-refractivity contribution in [1.82, 2.24) is 14.7 Å². The molecule has 1 fully saturated rings. The molecule has 0 saturated carbocycles. The number of aromatic nitrogens is 2. The van der Waals surface area contributed by atoms with Crippen molar-refractivity contribution in [2.24, 2.45) is 9.98 Å². The van der Waals surface area contributed by atoms with Gasteiger partial charge in [0.05, 0.1) is 82.2 Å². The summed E-state index contributed by atoms with van der Waals surface area (Å²) in [4.78, 5) is 38.3. The molecule has 0 spiro atoms. The number of alkyl halides is 4. The van der Waals surface area contributed by atoms with Crippen LogP contribution >= 0.6 is 28.4 Å². The molecule has 2 aromatic rings. The molecular weight excluding hydrogens is 741 g/mol. The molecule has 1 aliphatic heterocycles. The molecule has 284 valence electrons. The van der Waals surface area contributed by atoms with Crippen molar-refractivity contribution < 1.29 is 56.1 Å². The van der Waals surface area contributed by atoms with Gasteiger partial charge in [0.1, 0.15) is 18.4 Å². The molecule has 0 aliphatic carbocycles. The monoisotopic (exact) mass is 783 g/mol. The van der Waals surface area contributed by atoms with E-state index in [4.69, 9.17) is 56.0 Å². The molecule has 2 heterocycles. The fourth-order valence-corrected chi connectivity index (χ4v) is 6.61. The van der Waals surface area contributed by atoms with Crippen molar-refractivity contribution in [1.29, 1.82) is 0 Å². The van der Waals surface area contributed by atoms with E-state index in [-0.39, 0.29) is 75.2 Å². The molecule has 1 aromatic heterocycles. The zero-order valence-corrected chi connectivity index (χ0v) is 30.4. The third kappa shape index (κ3) is 14.9. The SMILES string of the molecule is C#CCOCCOCCOCCOCCN(Cc1ccccc1C(F)(F)F)/C(=N/CCl)c1cnn(C2CCC(COP(O)CP(O)O)O2)c1N=C. The van der Waals surface area contributed by atoms with Gasteiger partial charge in [-0.3, -0.25) is 4.99 Å². The van der Waals surface area contributed by atoms with Gasteiger partial charge in [0.25, 0.3) is 0 Å². The number of hydrogen-bond acceptors (Lipinski definition) is 12. The molecule has 3 rings (SSSR count). The predicted octanol–water partition coefficient (Wildman–Crippen LogP) is 4.63. The molecule has 1 aliphatic rings. The lowest BCUT2D eigenvalue weighted by Crippen LogP contribution is -2.35. The van der Waals surface area contributed by atoms with Crippen LogP contribution in [0, 0.1) is 12.3 Å². The quantitative estimate of drug-likeness (QED) is 0.0259. The van der Waals surface area contributed by atoms with Gasteiger partial charge in [-0.1, -0.05) is 24.1 Å². The molecule has 3 N–H and O–H groups in total. The van der Waals surface area contributed by atoms with Gasteiger partial charge in [0.15, 0.2) is 28.8 Å². The number of rotatable bonds is 24. The molecule has 14 nitrogen and oxygen atoms in total. The fourth-order valence-electron chi connectivity index (χ4n) is 4.97. The average molecular weight is 784 g/mol. The van der Waals surface area contributed by atoms with Gasteiger partial charge >= 0.3 is 6.18 Å². The second-order valence-electron chi connectivity index (χ2n) is 10.7. The van der Waals surface area contributed by atoms with E-state index in [1.165, 1.54) is 29.1 Å². The third-order valence-electron chi connectivity index (χ3n) is 7.17. The van der Waals surface area contributed by atoms with E-state index in [1.54, 1.807) is 4.90 Å². The van der Waals surface area contributed by atoms with Crippen LogP contribution in [0.15, 0.2) is 40.4 Å². The largest absolute Gasteiger partial charge is 0.416 e. The van der Waals surface area contributed by atoms with Gasteiger partial charge in [0.2, 0.25) is 0 Å². The Morgan fingerprint density at radius 2 is 1.75 bits per heavy atom. The van der Waals surface area contributed by atoms with Crippen LogP contribution in [-0.4, -0.2) is 126 Å². The Bertz CT molecular complexity index is 1400. The zero-order valence-electron chi connectivity index (χ0n) is 27.9. The van der Waals surface area contributed by atoms with Crippen LogP contribution in [0.3, 0.4) is 0 Å². The summed E-state index contributed by atoms with van der Waals surface area (Å²) in [6.45, 7) is 5.94. The maximum Gasteiger partial charge on any atom is 0.416 e. The highest BCUT2D eigenvalue weighted by Gasteiger charge is 2.35. The van der Waals surface area contributed by atoms with Crippen LogP contribution in [0.25, 0.3) is 0 Å². The van der Waals surface area contributed by atoms with Crippen LogP contribution in [0.1, 0.15) is 35.8 Å². The molecule has 3 unspecified atom stereocenters. The maximum absolute atomic E-state index is 14.0. The number of nitrogens with zero attached hydrogens (tertiary/aromatic N) is 5. The van der Waals surface area contributed by atoms with Crippen molar-refractivity contribution in [3.05, 3.63) is 47.2 Å². The highest BCUT2D eigenvalue weighted by Crippen LogP contribution is 2.44. The number of ether oxygens (including phenoxy) is 5. The fraction of sp³-hybridized carbons (Fsp3) is 0.581. The lowest BCUT2D eigenvalue weighted by molar-refractivity contribution is -0.138. The first-order valence-corrected chi connectivity index (χ1v) is 19.1. The first kappa shape index (κ1) is 43.1. The van der Waals surface area contributed by atoms with Crippen LogP contribution < -0.4 is 0 Å². The van der Waals surface area contributed by atoms with Gasteiger partial charge in [-0.2, -0.15) is 18.3 Å². The summed E-state index contributed by atoms with van der Waals surface area (Å²) in [6, 6.07) is 5.07. The first-order valence-electron chi connectivity index (χ1n) is 15.8. The van der Waals surface area contributed by atoms with E-state index in [9.17, 15) is 18.1 Å². The summed E-state index contributed by atoms with van der Waals surface area (Å²) in [5.41, 5.74) is -0.406. The Hall–Kier alpha value is -2.29. The van der Waals surface area contributed by atoms with Crippen LogP contribution in [0.4, 0.5) is 19.0 Å². The number of terminal acetylenes is 1. The lowest BCUT2D eigenvalue weighted by atomic mass is 10.1. The molecule has 0 radical (unpaired) electrons. The summed E-state index contributed by atoms with van der Waals surface area (Å²) in [6.07, 6.45) is 2.03. The summed E-state index contributed by atoms with van der Waals surface area (Å²) in [7, 11) is -4.30. The van der Waals surface area contributed by atoms with E-state index in [0.29, 0.717) is 44.8 Å². The lowest BCUT2D eigenvalue weighted by Gasteiger charge is -2.27. The van der Waals surface area contributed by atoms with Gasteiger partial charge in [-0.05, 0) is 31.2 Å². The predicted molar refractivity (Wildman–Crippen MR) is 187 cm³/mol. The first-order chi connectivity index (χ1) is 24.6. The van der Waals surface area contributed by atoms with E-state index >= 15 is 0 Å². The highest BCUT2D eigenvalue weighted by atomic mass is 35.5. The van der Waals surface area contributed by atoms with Crippen molar-refractivity contribution in [2.45, 2.75) is 37.9 Å². The number of aliphatic imine (C=N–C) groups is 2. The number of benzene rings is 1. The second kappa shape index (κ2) is 23.4.